The number of aryl methyl sites for hydroxylation is 1. The van der Waals surface area contributed by atoms with Crippen LogP contribution in [0.15, 0.2) is 60.7 Å². The van der Waals surface area contributed by atoms with E-state index in [9.17, 15) is 13.2 Å². The Hall–Kier alpha value is -3.13. The van der Waals surface area contributed by atoms with Gasteiger partial charge in [0.1, 0.15) is 12.4 Å². The van der Waals surface area contributed by atoms with Crippen LogP contribution in [0.1, 0.15) is 37.6 Å². The molecule has 3 aromatic rings. The number of carbonyl (C=O) groups excluding carboxylic acids is 1. The third kappa shape index (κ3) is 5.76. The Labute approximate surface area is 190 Å². The zero-order chi connectivity index (χ0) is 23.5. The molecule has 170 valence electrons. The van der Waals surface area contributed by atoms with E-state index in [0.717, 1.165) is 27.4 Å². The maximum Gasteiger partial charge on any atom is 0.246 e. The molecule has 1 N–H and O–H groups in total. The lowest BCUT2D eigenvalue weighted by atomic mass is 9.92. The van der Waals surface area contributed by atoms with Crippen molar-refractivity contribution in [3.05, 3.63) is 77.5 Å². The smallest absolute Gasteiger partial charge is 0.246 e. The molecule has 0 spiro atoms. The van der Waals surface area contributed by atoms with Gasteiger partial charge in [-0.05, 0) is 24.1 Å². The number of hydrogen-bond acceptors (Lipinski definition) is 4. The molecule has 0 bridgehead atoms. The summed E-state index contributed by atoms with van der Waals surface area (Å²) in [6.45, 7) is 8.13. The standard InChI is InChI=1S/C24H30N4O3S/c1-18-11-9-10-14-20(18)28(32(5,30)31)17-23(29)25-22-15-21(24(2,3)4)26-27(22)16-19-12-7-6-8-13-19/h6-15H,16-17H2,1-5H3,(H,25,29). The van der Waals surface area contributed by atoms with Crippen molar-refractivity contribution in [3.8, 4) is 0 Å². The van der Waals surface area contributed by atoms with Crippen LogP contribution >= 0.6 is 0 Å². The fourth-order valence-corrected chi connectivity index (χ4v) is 4.21. The molecular formula is C24H30N4O3S. The first-order valence-electron chi connectivity index (χ1n) is 10.4. The van der Waals surface area contributed by atoms with Gasteiger partial charge in [-0.1, -0.05) is 69.3 Å². The van der Waals surface area contributed by atoms with Gasteiger partial charge in [-0.2, -0.15) is 5.10 Å². The number of aromatic nitrogens is 2. The maximum absolute atomic E-state index is 13.0. The van der Waals surface area contributed by atoms with Crippen LogP contribution in [0.4, 0.5) is 11.5 Å². The van der Waals surface area contributed by atoms with Gasteiger partial charge in [0.15, 0.2) is 0 Å². The second-order valence-corrected chi connectivity index (χ2v) is 10.8. The first kappa shape index (κ1) is 23.5. The largest absolute Gasteiger partial charge is 0.309 e. The molecule has 3 rings (SSSR count). The second kappa shape index (κ2) is 9.16. The van der Waals surface area contributed by atoms with E-state index in [4.69, 9.17) is 5.10 Å². The van der Waals surface area contributed by atoms with Crippen LogP contribution in [-0.2, 0) is 26.8 Å². The lowest BCUT2D eigenvalue weighted by molar-refractivity contribution is -0.114. The van der Waals surface area contributed by atoms with Crippen molar-refractivity contribution < 1.29 is 13.2 Å². The quantitative estimate of drug-likeness (QED) is 0.586. The predicted octanol–water partition coefficient (Wildman–Crippen LogP) is 3.94. The van der Waals surface area contributed by atoms with Gasteiger partial charge < -0.3 is 5.32 Å². The van der Waals surface area contributed by atoms with Crippen LogP contribution in [0.3, 0.4) is 0 Å². The zero-order valence-corrected chi connectivity index (χ0v) is 20.0. The summed E-state index contributed by atoms with van der Waals surface area (Å²) in [7, 11) is -3.65. The molecule has 0 radical (unpaired) electrons. The van der Waals surface area contributed by atoms with Crippen molar-refractivity contribution in [1.29, 1.82) is 0 Å². The monoisotopic (exact) mass is 454 g/mol. The van der Waals surface area contributed by atoms with Gasteiger partial charge >= 0.3 is 0 Å². The minimum atomic E-state index is -3.65. The molecule has 32 heavy (non-hydrogen) atoms. The minimum absolute atomic E-state index is 0.207. The number of sulfonamides is 1. The van der Waals surface area contributed by atoms with Gasteiger partial charge in [-0.25, -0.2) is 13.1 Å². The Balaban J connectivity index is 1.88. The molecular weight excluding hydrogens is 424 g/mol. The number of hydrogen-bond donors (Lipinski definition) is 1. The van der Waals surface area contributed by atoms with Gasteiger partial charge in [0, 0.05) is 11.5 Å². The Morgan fingerprint density at radius 1 is 1.06 bits per heavy atom. The molecule has 0 saturated heterocycles. The van der Waals surface area contributed by atoms with Gasteiger partial charge in [-0.3, -0.25) is 9.10 Å². The number of anilines is 2. The van der Waals surface area contributed by atoms with Gasteiger partial charge in [0.05, 0.1) is 24.2 Å². The van der Waals surface area contributed by atoms with Crippen molar-refractivity contribution >= 4 is 27.4 Å². The normalized spacial score (nSPS) is 11.9. The Kier molecular flexibility index (Phi) is 6.74. The van der Waals surface area contributed by atoms with Crippen LogP contribution in [0.25, 0.3) is 0 Å². The van der Waals surface area contributed by atoms with Crippen molar-refractivity contribution in [2.75, 3.05) is 22.4 Å². The molecule has 0 saturated carbocycles. The SMILES string of the molecule is Cc1ccccc1N(CC(=O)Nc1cc(C(C)(C)C)nn1Cc1ccccc1)S(C)(=O)=O. The Morgan fingerprint density at radius 2 is 1.69 bits per heavy atom. The highest BCUT2D eigenvalue weighted by molar-refractivity contribution is 7.92. The third-order valence-corrected chi connectivity index (χ3v) is 6.19. The van der Waals surface area contributed by atoms with E-state index in [1.54, 1.807) is 16.8 Å². The topological polar surface area (TPSA) is 84.3 Å². The fourth-order valence-electron chi connectivity index (χ4n) is 3.30. The van der Waals surface area contributed by atoms with Gasteiger partial charge in [0.25, 0.3) is 0 Å². The van der Waals surface area contributed by atoms with E-state index in [1.807, 2.05) is 55.5 Å². The first-order chi connectivity index (χ1) is 14.9. The summed E-state index contributed by atoms with van der Waals surface area (Å²) >= 11 is 0. The van der Waals surface area contributed by atoms with Crippen LogP contribution < -0.4 is 9.62 Å². The summed E-state index contributed by atoms with van der Waals surface area (Å²) in [5.74, 6) is 0.0929. The maximum atomic E-state index is 13.0. The molecule has 0 aliphatic heterocycles. The van der Waals surface area contributed by atoms with Crippen LogP contribution in [0.2, 0.25) is 0 Å². The molecule has 8 heteroatoms. The molecule has 1 aromatic heterocycles. The van der Waals surface area contributed by atoms with E-state index in [0.29, 0.717) is 18.1 Å². The summed E-state index contributed by atoms with van der Waals surface area (Å²) in [6, 6.07) is 18.8. The number of rotatable bonds is 7. The lowest BCUT2D eigenvalue weighted by Crippen LogP contribution is -2.38. The number of benzene rings is 2. The average Bonchev–Trinajstić information content (AvgIpc) is 3.09. The molecule has 0 aliphatic carbocycles. The Morgan fingerprint density at radius 3 is 2.28 bits per heavy atom. The Bertz CT molecular complexity index is 1200. The van der Waals surface area contributed by atoms with E-state index in [1.165, 1.54) is 0 Å². The number of nitrogens with one attached hydrogen (secondary N) is 1. The molecule has 0 unspecified atom stereocenters. The molecule has 1 amide bonds. The number of nitrogens with zero attached hydrogens (tertiary/aromatic N) is 3. The van der Waals surface area contributed by atoms with E-state index < -0.39 is 15.9 Å². The average molecular weight is 455 g/mol. The van der Waals surface area contributed by atoms with Crippen LogP contribution in [0.5, 0.6) is 0 Å². The fraction of sp³-hybridized carbons (Fsp3) is 0.333. The molecule has 7 nitrogen and oxygen atoms in total. The summed E-state index contributed by atoms with van der Waals surface area (Å²) in [5.41, 5.74) is 2.93. The highest BCUT2D eigenvalue weighted by atomic mass is 32.2. The highest BCUT2D eigenvalue weighted by Crippen LogP contribution is 2.25. The van der Waals surface area contributed by atoms with E-state index in [-0.39, 0.29) is 12.0 Å². The van der Waals surface area contributed by atoms with Gasteiger partial charge in [-0.15, -0.1) is 0 Å². The predicted molar refractivity (Wildman–Crippen MR) is 128 cm³/mol. The van der Waals surface area contributed by atoms with Crippen molar-refractivity contribution in [1.82, 2.24) is 9.78 Å². The van der Waals surface area contributed by atoms with Crippen LogP contribution in [-0.4, -0.2) is 36.9 Å². The second-order valence-electron chi connectivity index (χ2n) is 8.91. The molecule has 0 fully saturated rings. The van der Waals surface area contributed by atoms with E-state index >= 15 is 0 Å². The zero-order valence-electron chi connectivity index (χ0n) is 19.2. The summed E-state index contributed by atoms with van der Waals surface area (Å²) in [6.07, 6.45) is 1.10. The van der Waals surface area contributed by atoms with Crippen molar-refractivity contribution in [3.63, 3.8) is 0 Å². The number of para-hydroxylation sites is 1. The number of carbonyl (C=O) groups is 1. The number of amides is 1. The van der Waals surface area contributed by atoms with E-state index in [2.05, 4.69) is 26.1 Å². The van der Waals surface area contributed by atoms with Crippen molar-refractivity contribution in [2.24, 2.45) is 0 Å². The third-order valence-electron chi connectivity index (χ3n) is 5.06. The molecule has 1 heterocycles. The first-order valence-corrected chi connectivity index (χ1v) is 12.3. The molecule has 0 aliphatic rings. The highest BCUT2D eigenvalue weighted by Gasteiger charge is 2.24. The summed E-state index contributed by atoms with van der Waals surface area (Å²) in [4.78, 5) is 13.0. The molecule has 2 aromatic carbocycles. The van der Waals surface area contributed by atoms with Gasteiger partial charge in [0.2, 0.25) is 15.9 Å². The summed E-state index contributed by atoms with van der Waals surface area (Å²) < 4.78 is 27.8. The van der Waals surface area contributed by atoms with Crippen molar-refractivity contribution in [2.45, 2.75) is 39.7 Å². The molecule has 0 atom stereocenters. The lowest BCUT2D eigenvalue weighted by Gasteiger charge is -2.23. The summed E-state index contributed by atoms with van der Waals surface area (Å²) in [5, 5.41) is 7.57. The minimum Gasteiger partial charge on any atom is -0.309 e. The van der Waals surface area contributed by atoms with Crippen LogP contribution in [0, 0.1) is 6.92 Å².